The Bertz CT molecular complexity index is 1170. The first kappa shape index (κ1) is 18.6. The van der Waals surface area contributed by atoms with Crippen LogP contribution in [0.25, 0.3) is 33.3 Å². The molecule has 1 aliphatic heterocycles. The molecule has 2 aromatic carbocycles. The maximum Gasteiger partial charge on any atom is 0.141 e. The average Bonchev–Trinajstić information content (AvgIpc) is 3.14. The average molecular weight is 407 g/mol. The highest BCUT2D eigenvalue weighted by atomic mass is 35.5. The second kappa shape index (κ2) is 7.75. The van der Waals surface area contributed by atoms with Gasteiger partial charge in [0.1, 0.15) is 11.3 Å². The highest BCUT2D eigenvalue weighted by molar-refractivity contribution is 6.31. The summed E-state index contributed by atoms with van der Waals surface area (Å²) in [5, 5.41) is 5.19. The molecule has 29 heavy (non-hydrogen) atoms. The summed E-state index contributed by atoms with van der Waals surface area (Å²) in [5.74, 6) is 0.969. The normalized spacial score (nSPS) is 17.2. The van der Waals surface area contributed by atoms with Gasteiger partial charge in [-0.05, 0) is 31.5 Å². The molecule has 3 heterocycles. The summed E-state index contributed by atoms with van der Waals surface area (Å²) < 4.78 is 8.26. The molecule has 0 aliphatic carbocycles. The molecule has 1 N–H and O–H groups in total. The second-order valence-corrected chi connectivity index (χ2v) is 7.93. The number of benzene rings is 2. The first-order valence-corrected chi connectivity index (χ1v) is 10.4. The van der Waals surface area contributed by atoms with Gasteiger partial charge in [0, 0.05) is 35.6 Å². The van der Waals surface area contributed by atoms with Crippen molar-refractivity contribution in [2.45, 2.75) is 26.0 Å². The van der Waals surface area contributed by atoms with E-state index in [1.807, 2.05) is 25.1 Å². The number of rotatable bonds is 4. The highest BCUT2D eigenvalue weighted by Crippen LogP contribution is 2.32. The minimum Gasteiger partial charge on any atom is -0.376 e. The van der Waals surface area contributed by atoms with Crippen LogP contribution >= 0.6 is 11.6 Å². The van der Waals surface area contributed by atoms with Gasteiger partial charge in [-0.1, -0.05) is 41.9 Å². The number of nitrogens with zero attached hydrogens (tertiary/aromatic N) is 3. The van der Waals surface area contributed by atoms with Crippen LogP contribution in [0.15, 0.2) is 48.5 Å². The van der Waals surface area contributed by atoms with E-state index in [1.165, 1.54) is 0 Å². The number of imidazole rings is 1. The van der Waals surface area contributed by atoms with E-state index in [9.17, 15) is 0 Å². The van der Waals surface area contributed by atoms with Crippen molar-refractivity contribution in [3.63, 3.8) is 0 Å². The number of aryl methyl sites for hydroxylation is 2. The monoisotopic (exact) mass is 406 g/mol. The van der Waals surface area contributed by atoms with E-state index >= 15 is 0 Å². The fourth-order valence-corrected chi connectivity index (χ4v) is 4.28. The summed E-state index contributed by atoms with van der Waals surface area (Å²) in [7, 11) is 0. The van der Waals surface area contributed by atoms with Crippen molar-refractivity contribution in [1.82, 2.24) is 19.9 Å². The van der Waals surface area contributed by atoms with E-state index in [0.717, 1.165) is 71.7 Å². The summed E-state index contributed by atoms with van der Waals surface area (Å²) >= 11 is 6.24. The quantitative estimate of drug-likeness (QED) is 0.538. The van der Waals surface area contributed by atoms with Gasteiger partial charge >= 0.3 is 0 Å². The number of pyridine rings is 1. The molecule has 1 aliphatic rings. The van der Waals surface area contributed by atoms with Crippen molar-refractivity contribution in [3.05, 3.63) is 59.2 Å². The molecule has 148 valence electrons. The molecule has 4 aromatic rings. The van der Waals surface area contributed by atoms with Crippen LogP contribution < -0.4 is 5.32 Å². The van der Waals surface area contributed by atoms with Gasteiger partial charge in [0.2, 0.25) is 0 Å². The summed E-state index contributed by atoms with van der Waals surface area (Å²) in [6.45, 7) is 5.43. The lowest BCUT2D eigenvalue weighted by atomic mass is 10.1. The number of aromatic nitrogens is 3. The first-order chi connectivity index (χ1) is 14.2. The number of nitrogens with one attached hydrogen (secondary N) is 1. The topological polar surface area (TPSA) is 52.0 Å². The predicted octanol–water partition coefficient (Wildman–Crippen LogP) is 4.59. The van der Waals surface area contributed by atoms with Crippen molar-refractivity contribution >= 4 is 33.5 Å². The molecule has 0 saturated carbocycles. The van der Waals surface area contributed by atoms with Crippen LogP contribution in [0.1, 0.15) is 12.1 Å². The van der Waals surface area contributed by atoms with Crippen LogP contribution in [0.5, 0.6) is 0 Å². The number of morpholine rings is 1. The number of hydrogen-bond donors (Lipinski definition) is 1. The van der Waals surface area contributed by atoms with Crippen molar-refractivity contribution in [2.24, 2.45) is 0 Å². The Morgan fingerprint density at radius 2 is 2.03 bits per heavy atom. The number of hydrogen-bond acceptors (Lipinski definition) is 4. The van der Waals surface area contributed by atoms with Crippen LogP contribution in [0.4, 0.5) is 0 Å². The third-order valence-electron chi connectivity index (χ3n) is 5.52. The molecule has 5 nitrogen and oxygen atoms in total. The molecule has 6 heteroatoms. The van der Waals surface area contributed by atoms with Crippen molar-refractivity contribution < 1.29 is 4.74 Å². The van der Waals surface area contributed by atoms with E-state index < -0.39 is 0 Å². The molecule has 0 bridgehead atoms. The molecule has 2 aromatic heterocycles. The fraction of sp³-hybridized carbons (Fsp3) is 0.304. The zero-order valence-corrected chi connectivity index (χ0v) is 17.1. The Balaban J connectivity index is 1.70. The molecule has 5 rings (SSSR count). The van der Waals surface area contributed by atoms with Crippen molar-refractivity contribution in [1.29, 1.82) is 0 Å². The zero-order valence-electron chi connectivity index (χ0n) is 16.4. The van der Waals surface area contributed by atoms with E-state index in [-0.39, 0.29) is 6.10 Å². The van der Waals surface area contributed by atoms with E-state index in [0.29, 0.717) is 5.02 Å². The molecule has 1 saturated heterocycles. The minimum absolute atomic E-state index is 0.216. The lowest BCUT2D eigenvalue weighted by Gasteiger charge is -2.24. The molecule has 0 spiro atoms. The second-order valence-electron chi connectivity index (χ2n) is 7.49. The van der Waals surface area contributed by atoms with Gasteiger partial charge in [-0.3, -0.25) is 4.98 Å². The highest BCUT2D eigenvalue weighted by Gasteiger charge is 2.20. The van der Waals surface area contributed by atoms with Gasteiger partial charge in [-0.25, -0.2) is 4.98 Å². The molecule has 1 unspecified atom stereocenters. The van der Waals surface area contributed by atoms with E-state index in [4.69, 9.17) is 26.3 Å². The van der Waals surface area contributed by atoms with Crippen LogP contribution in [-0.4, -0.2) is 40.3 Å². The van der Waals surface area contributed by atoms with Gasteiger partial charge in [0.05, 0.1) is 29.4 Å². The van der Waals surface area contributed by atoms with Crippen LogP contribution in [-0.2, 0) is 11.3 Å². The Morgan fingerprint density at radius 3 is 2.83 bits per heavy atom. The summed E-state index contributed by atoms with van der Waals surface area (Å²) in [6.07, 6.45) is 1.14. The zero-order chi connectivity index (χ0) is 19.8. The molecular formula is C23H23ClN4O. The summed E-state index contributed by atoms with van der Waals surface area (Å²) in [4.78, 5) is 9.80. The Hall–Kier alpha value is -2.47. The lowest BCUT2D eigenvalue weighted by molar-refractivity contribution is 0.0213. The Labute approximate surface area is 174 Å². The minimum atomic E-state index is 0.216. The molecular weight excluding hydrogens is 384 g/mol. The number of halogens is 1. The SMILES string of the molecule is Cc1nc2cc(Cl)ccc2c2c1nc(-c1ccccc1)n2CCC1CNCCO1. The standard InChI is InChI=1S/C23H23ClN4O/c1-15-21-22(19-8-7-17(24)13-20(19)26-15)28(11-9-18-14-25-10-12-29-18)23(27-21)16-5-3-2-4-6-16/h2-8,13,18,25H,9-12,14H2,1H3. The third-order valence-corrected chi connectivity index (χ3v) is 5.76. The smallest absolute Gasteiger partial charge is 0.141 e. The molecule has 1 atom stereocenters. The van der Waals surface area contributed by atoms with Crippen LogP contribution in [0.2, 0.25) is 5.02 Å². The third kappa shape index (κ3) is 3.50. The van der Waals surface area contributed by atoms with E-state index in [2.05, 4.69) is 40.2 Å². The Kier molecular flexibility index (Phi) is 4.96. The predicted molar refractivity (Wildman–Crippen MR) is 117 cm³/mol. The van der Waals surface area contributed by atoms with E-state index in [1.54, 1.807) is 0 Å². The Morgan fingerprint density at radius 1 is 1.17 bits per heavy atom. The maximum atomic E-state index is 6.24. The maximum absolute atomic E-state index is 6.24. The molecule has 0 radical (unpaired) electrons. The lowest BCUT2D eigenvalue weighted by Crippen LogP contribution is -2.38. The van der Waals surface area contributed by atoms with Gasteiger partial charge in [0.25, 0.3) is 0 Å². The summed E-state index contributed by atoms with van der Waals surface area (Å²) in [6, 6.07) is 16.3. The van der Waals surface area contributed by atoms with Gasteiger partial charge in [-0.2, -0.15) is 0 Å². The van der Waals surface area contributed by atoms with Crippen LogP contribution in [0, 0.1) is 6.92 Å². The number of ether oxygens (including phenoxy) is 1. The van der Waals surface area contributed by atoms with Crippen molar-refractivity contribution in [2.75, 3.05) is 19.7 Å². The fourth-order valence-electron chi connectivity index (χ4n) is 4.11. The first-order valence-electron chi connectivity index (χ1n) is 10.0. The van der Waals surface area contributed by atoms with Gasteiger partial charge < -0.3 is 14.6 Å². The number of fused-ring (bicyclic) bond motifs is 3. The molecule has 0 amide bonds. The summed E-state index contributed by atoms with van der Waals surface area (Å²) in [5.41, 5.74) is 4.99. The van der Waals surface area contributed by atoms with Gasteiger partial charge in [0.15, 0.2) is 0 Å². The van der Waals surface area contributed by atoms with Crippen LogP contribution in [0.3, 0.4) is 0 Å². The largest absolute Gasteiger partial charge is 0.376 e. The van der Waals surface area contributed by atoms with Crippen molar-refractivity contribution in [3.8, 4) is 11.4 Å². The molecule has 1 fully saturated rings. The van der Waals surface area contributed by atoms with Gasteiger partial charge in [-0.15, -0.1) is 0 Å².